The number of likely N-dealkylation sites (N-methyl/N-ethyl adjacent to an activating group) is 2. The zero-order valence-corrected chi connectivity index (χ0v) is 51.5. The van der Waals surface area contributed by atoms with Gasteiger partial charge >= 0.3 is 29.5 Å². The molecule has 5 N–H and O–H groups in total. The van der Waals surface area contributed by atoms with Gasteiger partial charge in [0.15, 0.2) is 5.41 Å². The van der Waals surface area contributed by atoms with Crippen LogP contribution >= 0.6 is 0 Å². The van der Waals surface area contributed by atoms with Crippen molar-refractivity contribution in [1.82, 2.24) is 75.2 Å². The number of morpholine rings is 1. The first-order valence-corrected chi connectivity index (χ1v) is 30.9. The summed E-state index contributed by atoms with van der Waals surface area (Å²) in [6.07, 6.45) is -1.56. The van der Waals surface area contributed by atoms with Crippen molar-refractivity contribution in [3.05, 3.63) is 0 Å². The van der Waals surface area contributed by atoms with Gasteiger partial charge < -0.3 is 80.1 Å². The van der Waals surface area contributed by atoms with Crippen molar-refractivity contribution in [2.24, 2.45) is 11.3 Å². The Labute approximate surface area is 526 Å². The fraction of sp³-hybridized carbons (Fsp3) is 0.684. The number of imide groups is 3. The lowest BCUT2D eigenvalue weighted by Crippen LogP contribution is -2.91. The Balaban J connectivity index is 1.31. The fourth-order valence-corrected chi connectivity index (χ4v) is 14.2. The molecule has 0 aromatic carbocycles. The number of hydrogen-bond donors (Lipinski definition) is 5. The molecule has 16 amide bonds. The number of nitrogens with zero attached hydrogens (tertiary/aromatic N) is 11. The van der Waals surface area contributed by atoms with E-state index in [1.807, 2.05) is 0 Å². The first-order valence-electron chi connectivity index (χ1n) is 30.9. The predicted octanol–water partition coefficient (Wildman–Crippen LogP) is -9.42. The lowest BCUT2D eigenvalue weighted by molar-refractivity contribution is -0.216. The highest BCUT2D eigenvalue weighted by atomic mass is 16.5. The molecule has 92 heavy (non-hydrogen) atoms. The van der Waals surface area contributed by atoms with E-state index in [4.69, 9.17) is 4.74 Å². The summed E-state index contributed by atoms with van der Waals surface area (Å²) in [6.45, 7) is -7.94. The summed E-state index contributed by atoms with van der Waals surface area (Å²) in [4.78, 5) is 279. The summed E-state index contributed by atoms with van der Waals surface area (Å²) in [5.74, 6) is -29.6. The van der Waals surface area contributed by atoms with Gasteiger partial charge in [-0.05, 0) is 57.8 Å². The number of β-amino-alcohol motifs (C(OH)–C–C–N with tert-alkyl or cyclic N) is 1. The quantitative estimate of drug-likeness (QED) is 0.0612. The molecule has 35 heteroatoms. The molecule has 9 aliphatic rings. The van der Waals surface area contributed by atoms with Crippen molar-refractivity contribution >= 4 is 107 Å². The van der Waals surface area contributed by atoms with Gasteiger partial charge in [-0.2, -0.15) is 4.90 Å². The number of carbonyl (C=O) groups is 18. The van der Waals surface area contributed by atoms with Gasteiger partial charge in [-0.25, -0.2) is 0 Å². The third-order valence-electron chi connectivity index (χ3n) is 18.9. The van der Waals surface area contributed by atoms with Crippen LogP contribution in [0.25, 0.3) is 0 Å². The van der Waals surface area contributed by atoms with E-state index in [0.29, 0.717) is 35.5 Å². The van der Waals surface area contributed by atoms with E-state index in [0.717, 1.165) is 34.3 Å². The molecule has 0 bridgehead atoms. The SMILES string of the molecule is CNC(=O)C1CCCN1C(=O)C1(C(=O)N2CCCC(C(=O)C(=O)N(C(=O)C(=O)NCC(=O)C(=O)N(C)C)C(=O)C(=O)N3CCCC3)C2(C(=O)N2CCNC(=O)C2)C(=O)N2CCOCC2C(=O)N2CCNCC2)CN(C=O)C1(C(=O)N1CCCC1)C(=O)N1CCC(O)C1. The maximum absolute atomic E-state index is 17.6. The largest absolute Gasteiger partial charge is 0.391 e. The number of rotatable bonds is 14. The Morgan fingerprint density at radius 1 is 0.630 bits per heavy atom. The minimum atomic E-state index is -3.79. The van der Waals surface area contributed by atoms with Crippen LogP contribution in [0.3, 0.4) is 0 Å². The Hall–Kier alpha value is -8.86. The number of Topliss-reactive ketones (excluding diaryl/α,β-unsaturated/α-hetero) is 2. The maximum atomic E-state index is 17.6. The Morgan fingerprint density at radius 2 is 1.26 bits per heavy atom. The van der Waals surface area contributed by atoms with Crippen molar-refractivity contribution in [2.75, 3.05) is 152 Å². The normalized spacial score (nSPS) is 27.3. The second-order valence-electron chi connectivity index (χ2n) is 24.4. The summed E-state index contributed by atoms with van der Waals surface area (Å²) in [7, 11) is 3.62. The number of ketones is 2. The fourth-order valence-electron chi connectivity index (χ4n) is 14.2. The minimum absolute atomic E-state index is 0.0345. The topological polar surface area (TPSA) is 420 Å². The van der Waals surface area contributed by atoms with E-state index in [2.05, 4.69) is 16.0 Å². The van der Waals surface area contributed by atoms with Gasteiger partial charge in [-0.1, -0.05) is 0 Å². The van der Waals surface area contributed by atoms with Crippen molar-refractivity contribution < 1.29 is 96.1 Å². The van der Waals surface area contributed by atoms with Crippen LogP contribution in [0.4, 0.5) is 0 Å². The summed E-state index contributed by atoms with van der Waals surface area (Å²) < 4.78 is 5.79. The number of nitrogens with one attached hydrogen (secondary N) is 4. The van der Waals surface area contributed by atoms with Gasteiger partial charge in [0.25, 0.3) is 29.5 Å². The zero-order chi connectivity index (χ0) is 66.7. The lowest BCUT2D eigenvalue weighted by atomic mass is 9.56. The Morgan fingerprint density at radius 3 is 1.88 bits per heavy atom. The molecule has 9 heterocycles. The number of aliphatic hydroxyl groups excluding tert-OH is 1. The molecule has 7 unspecified atom stereocenters. The number of piperidine rings is 1. The highest BCUT2D eigenvalue weighted by molar-refractivity contribution is 6.56. The molecular formula is C57H77N15O20. The number of ether oxygens (including phenoxy) is 1. The molecule has 9 saturated heterocycles. The van der Waals surface area contributed by atoms with Gasteiger partial charge in [0.1, 0.15) is 12.1 Å². The van der Waals surface area contributed by atoms with Crippen LogP contribution in [-0.4, -0.2) is 347 Å². The number of likely N-dealkylation sites (tertiary alicyclic amines) is 6. The highest BCUT2D eigenvalue weighted by Gasteiger charge is 2.84. The van der Waals surface area contributed by atoms with E-state index in [1.165, 1.54) is 26.0 Å². The lowest BCUT2D eigenvalue weighted by Gasteiger charge is -2.64. The third-order valence-corrected chi connectivity index (χ3v) is 18.9. The predicted molar refractivity (Wildman–Crippen MR) is 307 cm³/mol. The van der Waals surface area contributed by atoms with Gasteiger partial charge in [-0.15, -0.1) is 0 Å². The van der Waals surface area contributed by atoms with E-state index in [1.54, 1.807) is 5.32 Å². The second-order valence-corrected chi connectivity index (χ2v) is 24.4. The molecule has 9 aliphatic heterocycles. The maximum Gasteiger partial charge on any atom is 0.326 e. The number of amides is 16. The van der Waals surface area contributed by atoms with Gasteiger partial charge in [0.05, 0.1) is 38.3 Å². The Kier molecular flexibility index (Phi) is 20.2. The molecule has 0 aliphatic carbocycles. The number of aliphatic hydroxyl groups is 1. The van der Waals surface area contributed by atoms with E-state index in [9.17, 15) is 53.1 Å². The highest BCUT2D eigenvalue weighted by Crippen LogP contribution is 2.55. The molecule has 9 fully saturated rings. The zero-order valence-electron chi connectivity index (χ0n) is 51.5. The van der Waals surface area contributed by atoms with Crippen molar-refractivity contribution in [1.29, 1.82) is 0 Å². The van der Waals surface area contributed by atoms with Gasteiger partial charge in [0.2, 0.25) is 58.6 Å². The molecule has 7 atom stereocenters. The molecule has 9 rings (SSSR count). The van der Waals surface area contributed by atoms with Gasteiger partial charge in [0, 0.05) is 126 Å². The summed E-state index contributed by atoms with van der Waals surface area (Å²) in [5.41, 5.74) is -10.5. The minimum Gasteiger partial charge on any atom is -0.391 e. The molecule has 500 valence electrons. The average molecular weight is 1290 g/mol. The van der Waals surface area contributed by atoms with Crippen LogP contribution in [0.2, 0.25) is 0 Å². The van der Waals surface area contributed by atoms with Crippen LogP contribution in [0.15, 0.2) is 0 Å². The number of hydrogen-bond acceptors (Lipinski definition) is 21. The number of carbonyl (C=O) groups excluding carboxylic acids is 18. The standard InChI is InChI=1S/C57H77N15O20/c1-58-41(78)36-11-9-20-69(36)49(86)55(32-68(33-73)57(55,53(90)65-18-6-7-19-65)54(91)66-22-12-34(74)29-66)50(87)71-21-8-10-35(40(77)45(82)72(48(85)47(84)63-16-4-5-17-63)46(83)42(79)61-28-38(75)44(81)62(2)3)56(71,51(88)67-25-15-60-39(76)30-67)52(89)70-26-27-92-31-37(70)43(80)64-23-13-59-14-24-64/h33-37,59,74H,4-32H2,1-3H3,(H,58,78)(H,60,76)(H,61,79). The molecule has 0 radical (unpaired) electrons. The van der Waals surface area contributed by atoms with Crippen LogP contribution in [0, 0.1) is 11.3 Å². The molecule has 0 spiro atoms. The van der Waals surface area contributed by atoms with Crippen molar-refractivity contribution in [2.45, 2.75) is 87.1 Å². The third kappa shape index (κ3) is 11.6. The summed E-state index contributed by atoms with van der Waals surface area (Å²) >= 11 is 0. The van der Waals surface area contributed by atoms with Crippen LogP contribution in [0.5, 0.6) is 0 Å². The van der Waals surface area contributed by atoms with E-state index < -0.39 is 218 Å². The van der Waals surface area contributed by atoms with Crippen molar-refractivity contribution in [3.63, 3.8) is 0 Å². The van der Waals surface area contributed by atoms with Crippen LogP contribution in [0.1, 0.15) is 57.8 Å². The first-order chi connectivity index (χ1) is 43.9. The summed E-state index contributed by atoms with van der Waals surface area (Å²) in [5, 5.41) is 20.8. The Bertz CT molecular complexity index is 3130. The van der Waals surface area contributed by atoms with E-state index in [-0.39, 0.29) is 97.7 Å². The van der Waals surface area contributed by atoms with E-state index >= 15 is 38.4 Å². The molecular weight excluding hydrogens is 1210 g/mol. The van der Waals surface area contributed by atoms with Crippen LogP contribution in [-0.2, 0) is 91.0 Å². The van der Waals surface area contributed by atoms with Crippen molar-refractivity contribution in [3.8, 4) is 0 Å². The molecule has 0 aromatic rings. The first kappa shape index (κ1) is 67.5. The molecule has 35 nitrogen and oxygen atoms in total. The van der Waals surface area contributed by atoms with Crippen LogP contribution < -0.4 is 21.3 Å². The van der Waals surface area contributed by atoms with Gasteiger partial charge in [-0.3, -0.25) is 86.3 Å². The molecule has 0 saturated carbocycles. The summed E-state index contributed by atoms with van der Waals surface area (Å²) in [6, 6.07) is -3.20. The molecule has 0 aromatic heterocycles. The second kappa shape index (κ2) is 27.5. The number of piperazine rings is 2. The smallest absolute Gasteiger partial charge is 0.326 e. The average Bonchev–Trinajstić information content (AvgIpc) is 0.795. The monoisotopic (exact) mass is 1290 g/mol.